The normalized spacial score (nSPS) is 10.6. The van der Waals surface area contributed by atoms with Gasteiger partial charge in [0.1, 0.15) is 0 Å². The molecule has 2 aromatic carbocycles. The van der Waals surface area contributed by atoms with Crippen molar-refractivity contribution in [3.8, 4) is 0 Å². The smallest absolute Gasteiger partial charge is 0.269 e. The van der Waals surface area contributed by atoms with Gasteiger partial charge in [0.15, 0.2) is 0 Å². The largest absolute Gasteiger partial charge is 0.322 e. The monoisotopic (exact) mass is 316 g/mol. The predicted molar refractivity (Wildman–Crippen MR) is 86.9 cm³/mol. The first kappa shape index (κ1) is 15.7. The maximum absolute atomic E-state index is 11.8. The Hall–Kier alpha value is -2.66. The highest BCUT2D eigenvalue weighted by Crippen LogP contribution is 2.20. The van der Waals surface area contributed by atoms with Crippen molar-refractivity contribution in [3.05, 3.63) is 74.8 Å². The zero-order valence-corrected chi connectivity index (χ0v) is 12.5. The van der Waals surface area contributed by atoms with Crippen LogP contribution in [0.1, 0.15) is 11.1 Å². The number of nitro benzene ring substituents is 1. The van der Waals surface area contributed by atoms with Crippen LogP contribution in [-0.2, 0) is 4.79 Å². The van der Waals surface area contributed by atoms with Gasteiger partial charge in [-0.1, -0.05) is 17.7 Å². The highest BCUT2D eigenvalue weighted by atomic mass is 35.5. The van der Waals surface area contributed by atoms with E-state index in [0.717, 1.165) is 5.56 Å². The molecular formula is C16H13ClN2O3. The molecule has 112 valence electrons. The fourth-order valence-electron chi connectivity index (χ4n) is 1.73. The number of non-ortho nitro benzene ring substituents is 1. The zero-order chi connectivity index (χ0) is 16.1. The van der Waals surface area contributed by atoms with Crippen molar-refractivity contribution in [2.75, 3.05) is 5.32 Å². The van der Waals surface area contributed by atoms with Gasteiger partial charge in [0.2, 0.25) is 5.91 Å². The molecule has 0 radical (unpaired) electrons. The van der Waals surface area contributed by atoms with Gasteiger partial charge in [-0.25, -0.2) is 0 Å². The lowest BCUT2D eigenvalue weighted by Gasteiger charge is -2.04. The average Bonchev–Trinajstić information content (AvgIpc) is 2.49. The van der Waals surface area contributed by atoms with Crippen molar-refractivity contribution >= 4 is 35.0 Å². The van der Waals surface area contributed by atoms with Crippen LogP contribution >= 0.6 is 11.6 Å². The van der Waals surface area contributed by atoms with E-state index in [0.29, 0.717) is 16.3 Å². The van der Waals surface area contributed by atoms with Crippen molar-refractivity contribution in [1.82, 2.24) is 0 Å². The van der Waals surface area contributed by atoms with Crippen LogP contribution in [0.4, 0.5) is 11.4 Å². The summed E-state index contributed by atoms with van der Waals surface area (Å²) in [4.78, 5) is 21.9. The number of benzene rings is 2. The molecule has 0 saturated carbocycles. The molecule has 6 heteroatoms. The van der Waals surface area contributed by atoms with E-state index >= 15 is 0 Å². The number of carbonyl (C=O) groups excluding carboxylic acids is 1. The van der Waals surface area contributed by atoms with E-state index in [1.807, 2.05) is 13.0 Å². The Bertz CT molecular complexity index is 740. The van der Waals surface area contributed by atoms with E-state index < -0.39 is 4.92 Å². The fraction of sp³-hybridized carbons (Fsp3) is 0.0625. The summed E-state index contributed by atoms with van der Waals surface area (Å²) in [5, 5.41) is 13.8. The van der Waals surface area contributed by atoms with E-state index in [4.69, 9.17) is 11.6 Å². The Labute approximate surface area is 132 Å². The number of nitrogens with zero attached hydrogens (tertiary/aromatic N) is 1. The molecule has 0 bridgehead atoms. The molecule has 0 heterocycles. The van der Waals surface area contributed by atoms with E-state index in [-0.39, 0.29) is 11.6 Å². The molecule has 0 saturated heterocycles. The summed E-state index contributed by atoms with van der Waals surface area (Å²) in [7, 11) is 0. The maximum Gasteiger partial charge on any atom is 0.269 e. The molecule has 0 unspecified atom stereocenters. The molecule has 2 aromatic rings. The summed E-state index contributed by atoms with van der Waals surface area (Å²) in [5.74, 6) is -0.307. The molecule has 0 aliphatic rings. The van der Waals surface area contributed by atoms with Crippen molar-refractivity contribution in [2.24, 2.45) is 0 Å². The van der Waals surface area contributed by atoms with Gasteiger partial charge in [-0.05, 0) is 48.4 Å². The molecule has 0 fully saturated rings. The van der Waals surface area contributed by atoms with E-state index in [2.05, 4.69) is 5.32 Å². The lowest BCUT2D eigenvalue weighted by molar-refractivity contribution is -0.384. The number of aryl methyl sites for hydroxylation is 1. The number of halogens is 1. The van der Waals surface area contributed by atoms with Gasteiger partial charge < -0.3 is 5.32 Å². The van der Waals surface area contributed by atoms with Gasteiger partial charge in [0.25, 0.3) is 5.69 Å². The minimum absolute atomic E-state index is 0.0101. The second-order valence-corrected chi connectivity index (χ2v) is 5.04. The molecule has 22 heavy (non-hydrogen) atoms. The van der Waals surface area contributed by atoms with E-state index in [1.54, 1.807) is 30.3 Å². The van der Waals surface area contributed by atoms with Crippen LogP contribution in [0, 0.1) is 17.0 Å². The Morgan fingerprint density at radius 2 is 1.91 bits per heavy atom. The SMILES string of the molecule is Cc1ccc(NC(=O)/C=C/c2ccc([N+](=O)[O-])cc2)cc1Cl. The Morgan fingerprint density at radius 1 is 1.23 bits per heavy atom. The fourth-order valence-corrected chi connectivity index (χ4v) is 1.91. The number of amides is 1. The predicted octanol–water partition coefficient (Wildman–Crippen LogP) is 4.21. The Balaban J connectivity index is 2.01. The molecule has 0 aliphatic heterocycles. The van der Waals surface area contributed by atoms with Gasteiger partial charge in [-0.2, -0.15) is 0 Å². The number of anilines is 1. The van der Waals surface area contributed by atoms with Crippen LogP contribution in [0.5, 0.6) is 0 Å². The van der Waals surface area contributed by atoms with Gasteiger partial charge in [0, 0.05) is 28.9 Å². The molecule has 0 atom stereocenters. The van der Waals surface area contributed by atoms with E-state index in [9.17, 15) is 14.9 Å². The Morgan fingerprint density at radius 3 is 2.50 bits per heavy atom. The number of nitro groups is 1. The number of hydrogen-bond donors (Lipinski definition) is 1. The molecule has 1 amide bonds. The van der Waals surface area contributed by atoms with Crippen LogP contribution in [-0.4, -0.2) is 10.8 Å². The van der Waals surface area contributed by atoms with Crippen molar-refractivity contribution in [3.63, 3.8) is 0 Å². The minimum atomic E-state index is -0.471. The number of hydrogen-bond acceptors (Lipinski definition) is 3. The Kier molecular flexibility index (Phi) is 4.91. The second kappa shape index (κ2) is 6.87. The summed E-state index contributed by atoms with van der Waals surface area (Å²) in [6.45, 7) is 1.88. The third-order valence-corrected chi connectivity index (χ3v) is 3.38. The highest BCUT2D eigenvalue weighted by Gasteiger charge is 2.03. The van der Waals surface area contributed by atoms with Gasteiger partial charge in [-0.3, -0.25) is 14.9 Å². The molecule has 0 spiro atoms. The first-order chi connectivity index (χ1) is 10.5. The molecule has 1 N–H and O–H groups in total. The first-order valence-corrected chi connectivity index (χ1v) is 6.83. The van der Waals surface area contributed by atoms with Crippen LogP contribution in [0.15, 0.2) is 48.5 Å². The summed E-state index contributed by atoms with van der Waals surface area (Å²) in [5.41, 5.74) is 2.24. The number of carbonyl (C=O) groups is 1. The molecule has 0 aromatic heterocycles. The third-order valence-electron chi connectivity index (χ3n) is 2.97. The van der Waals surface area contributed by atoms with E-state index in [1.165, 1.54) is 18.2 Å². The van der Waals surface area contributed by atoms with Crippen LogP contribution < -0.4 is 5.32 Å². The standard InChI is InChI=1S/C16H13ClN2O3/c1-11-2-6-13(10-15(11)17)18-16(20)9-5-12-3-7-14(8-4-12)19(21)22/h2-10H,1H3,(H,18,20)/b9-5+. The van der Waals surface area contributed by atoms with Gasteiger partial charge in [0.05, 0.1) is 4.92 Å². The molecular weight excluding hydrogens is 304 g/mol. The quantitative estimate of drug-likeness (QED) is 0.521. The second-order valence-electron chi connectivity index (χ2n) is 4.64. The van der Waals surface area contributed by atoms with Crippen molar-refractivity contribution in [1.29, 1.82) is 0 Å². The minimum Gasteiger partial charge on any atom is -0.322 e. The van der Waals surface area contributed by atoms with Crippen LogP contribution in [0.25, 0.3) is 6.08 Å². The summed E-state index contributed by atoms with van der Waals surface area (Å²) < 4.78 is 0. The average molecular weight is 317 g/mol. The number of nitrogens with one attached hydrogen (secondary N) is 1. The van der Waals surface area contributed by atoms with Gasteiger partial charge in [-0.15, -0.1) is 0 Å². The third kappa shape index (κ3) is 4.17. The maximum atomic E-state index is 11.8. The molecule has 0 aliphatic carbocycles. The van der Waals surface area contributed by atoms with Crippen molar-refractivity contribution in [2.45, 2.75) is 6.92 Å². The topological polar surface area (TPSA) is 72.2 Å². The summed E-state index contributed by atoms with van der Waals surface area (Å²) in [6.07, 6.45) is 2.93. The van der Waals surface area contributed by atoms with Crippen LogP contribution in [0.3, 0.4) is 0 Å². The lowest BCUT2D eigenvalue weighted by atomic mass is 10.2. The number of rotatable bonds is 4. The van der Waals surface area contributed by atoms with Crippen molar-refractivity contribution < 1.29 is 9.72 Å². The zero-order valence-electron chi connectivity index (χ0n) is 11.7. The summed E-state index contributed by atoms with van der Waals surface area (Å²) >= 11 is 5.99. The molecule has 2 rings (SSSR count). The van der Waals surface area contributed by atoms with Gasteiger partial charge >= 0.3 is 0 Å². The molecule has 5 nitrogen and oxygen atoms in total. The highest BCUT2D eigenvalue weighted by molar-refractivity contribution is 6.31. The van der Waals surface area contributed by atoms with Crippen LogP contribution in [0.2, 0.25) is 5.02 Å². The first-order valence-electron chi connectivity index (χ1n) is 6.45. The lowest BCUT2D eigenvalue weighted by Crippen LogP contribution is -2.07. The summed E-state index contributed by atoms with van der Waals surface area (Å²) in [6, 6.07) is 11.2.